The zero-order valence-corrected chi connectivity index (χ0v) is 14.5. The van der Waals surface area contributed by atoms with Gasteiger partial charge in [0.05, 0.1) is 17.7 Å². The average Bonchev–Trinajstić information content (AvgIpc) is 2.56. The van der Waals surface area contributed by atoms with E-state index >= 15 is 0 Å². The van der Waals surface area contributed by atoms with Crippen LogP contribution in [-0.2, 0) is 10.0 Å². The number of sulfonamides is 1. The van der Waals surface area contributed by atoms with Crippen molar-refractivity contribution in [3.05, 3.63) is 65.7 Å². The van der Waals surface area contributed by atoms with Gasteiger partial charge in [-0.25, -0.2) is 4.83 Å². The highest BCUT2D eigenvalue weighted by atomic mass is 32.2. The fourth-order valence-electron chi connectivity index (χ4n) is 1.98. The Labute approximate surface area is 142 Å². The SMILES string of the molecule is CCOc1ccc(S(=O)(=O)N/N=C/C(C)=C/c2ccccc2)cc1. The van der Waals surface area contributed by atoms with Crippen LogP contribution in [0.3, 0.4) is 0 Å². The van der Waals surface area contributed by atoms with E-state index in [4.69, 9.17) is 4.74 Å². The number of nitrogens with zero attached hydrogens (tertiary/aromatic N) is 1. The molecule has 0 saturated heterocycles. The molecule has 2 rings (SSSR count). The molecule has 0 aliphatic heterocycles. The van der Waals surface area contributed by atoms with E-state index in [9.17, 15) is 8.42 Å². The summed E-state index contributed by atoms with van der Waals surface area (Å²) < 4.78 is 29.6. The molecule has 0 saturated carbocycles. The first kappa shape index (κ1) is 17.7. The Balaban J connectivity index is 2.02. The molecule has 0 aromatic heterocycles. The third-order valence-corrected chi connectivity index (χ3v) is 4.32. The summed E-state index contributed by atoms with van der Waals surface area (Å²) >= 11 is 0. The predicted octanol–water partition coefficient (Wildman–Crippen LogP) is 3.45. The molecule has 0 bridgehead atoms. The number of nitrogens with one attached hydrogen (secondary N) is 1. The third kappa shape index (κ3) is 5.24. The van der Waals surface area contributed by atoms with Gasteiger partial charge in [0.25, 0.3) is 10.0 Å². The molecule has 1 N–H and O–H groups in total. The topological polar surface area (TPSA) is 67.8 Å². The minimum Gasteiger partial charge on any atom is -0.494 e. The molecule has 0 aliphatic carbocycles. The Morgan fingerprint density at radius 2 is 1.79 bits per heavy atom. The molecule has 0 atom stereocenters. The van der Waals surface area contributed by atoms with Crippen LogP contribution in [0.2, 0.25) is 0 Å². The number of ether oxygens (including phenoxy) is 1. The molecule has 0 fully saturated rings. The smallest absolute Gasteiger partial charge is 0.276 e. The number of benzene rings is 2. The van der Waals surface area contributed by atoms with E-state index < -0.39 is 10.0 Å². The Kier molecular flexibility index (Phi) is 6.14. The number of hydrazone groups is 1. The fourth-order valence-corrected chi connectivity index (χ4v) is 2.77. The van der Waals surface area contributed by atoms with Gasteiger partial charge in [-0.05, 0) is 49.2 Å². The molecule has 2 aromatic carbocycles. The van der Waals surface area contributed by atoms with Crippen molar-refractivity contribution in [2.75, 3.05) is 6.61 Å². The number of rotatable bonds is 7. The minimum absolute atomic E-state index is 0.132. The molecular formula is C18H20N2O3S. The zero-order chi connectivity index (χ0) is 17.4. The molecule has 6 heteroatoms. The summed E-state index contributed by atoms with van der Waals surface area (Å²) in [6, 6.07) is 15.9. The van der Waals surface area contributed by atoms with Gasteiger partial charge in [0.15, 0.2) is 0 Å². The second kappa shape index (κ2) is 8.31. The average molecular weight is 344 g/mol. The molecule has 24 heavy (non-hydrogen) atoms. The highest BCUT2D eigenvalue weighted by Crippen LogP contribution is 2.15. The molecule has 5 nitrogen and oxygen atoms in total. The van der Waals surface area contributed by atoms with Crippen molar-refractivity contribution in [1.29, 1.82) is 0 Å². The molecule has 0 unspecified atom stereocenters. The summed E-state index contributed by atoms with van der Waals surface area (Å²) in [5.41, 5.74) is 1.85. The van der Waals surface area contributed by atoms with Crippen molar-refractivity contribution in [1.82, 2.24) is 4.83 Å². The quantitative estimate of drug-likeness (QED) is 0.618. The van der Waals surface area contributed by atoms with Crippen molar-refractivity contribution in [3.8, 4) is 5.75 Å². The number of allylic oxidation sites excluding steroid dienone is 1. The van der Waals surface area contributed by atoms with Crippen LogP contribution in [0, 0.1) is 0 Å². The van der Waals surface area contributed by atoms with Crippen molar-refractivity contribution >= 4 is 22.3 Å². The highest BCUT2D eigenvalue weighted by molar-refractivity contribution is 7.89. The van der Waals surface area contributed by atoms with E-state index in [1.165, 1.54) is 18.3 Å². The lowest BCUT2D eigenvalue weighted by atomic mass is 10.1. The summed E-state index contributed by atoms with van der Waals surface area (Å²) in [6.45, 7) is 4.25. The second-order valence-corrected chi connectivity index (χ2v) is 6.72. The van der Waals surface area contributed by atoms with Crippen LogP contribution in [-0.4, -0.2) is 21.2 Å². The van der Waals surface area contributed by atoms with Gasteiger partial charge >= 0.3 is 0 Å². The van der Waals surface area contributed by atoms with Gasteiger partial charge in [0.2, 0.25) is 0 Å². The number of hydrogen-bond acceptors (Lipinski definition) is 4. The van der Waals surface area contributed by atoms with Crippen LogP contribution in [0.25, 0.3) is 6.08 Å². The molecular weight excluding hydrogens is 324 g/mol. The van der Waals surface area contributed by atoms with Gasteiger partial charge in [-0.3, -0.25) is 0 Å². The van der Waals surface area contributed by atoms with E-state index in [1.807, 2.05) is 50.3 Å². The van der Waals surface area contributed by atoms with Gasteiger partial charge in [0, 0.05) is 0 Å². The third-order valence-electron chi connectivity index (χ3n) is 3.08. The maximum Gasteiger partial charge on any atom is 0.276 e. The molecule has 0 spiro atoms. The lowest BCUT2D eigenvalue weighted by molar-refractivity contribution is 0.340. The molecule has 0 heterocycles. The van der Waals surface area contributed by atoms with Crippen molar-refractivity contribution in [2.45, 2.75) is 18.7 Å². The monoisotopic (exact) mass is 344 g/mol. The summed E-state index contributed by atoms with van der Waals surface area (Å²) in [6.07, 6.45) is 3.38. The first-order chi connectivity index (χ1) is 11.5. The Morgan fingerprint density at radius 3 is 2.42 bits per heavy atom. The fraction of sp³-hybridized carbons (Fsp3) is 0.167. The number of hydrogen-bond donors (Lipinski definition) is 1. The highest BCUT2D eigenvalue weighted by Gasteiger charge is 2.12. The van der Waals surface area contributed by atoms with Crippen molar-refractivity contribution in [3.63, 3.8) is 0 Å². The lowest BCUT2D eigenvalue weighted by Gasteiger charge is -2.05. The van der Waals surface area contributed by atoms with Crippen LogP contribution < -0.4 is 9.57 Å². The summed E-state index contributed by atoms with van der Waals surface area (Å²) in [5, 5.41) is 3.81. The predicted molar refractivity (Wildman–Crippen MR) is 96.5 cm³/mol. The first-order valence-electron chi connectivity index (χ1n) is 7.52. The van der Waals surface area contributed by atoms with Crippen LogP contribution in [0.4, 0.5) is 0 Å². The molecule has 126 valence electrons. The van der Waals surface area contributed by atoms with Gasteiger partial charge in [-0.1, -0.05) is 36.4 Å². The van der Waals surface area contributed by atoms with Crippen LogP contribution in [0.1, 0.15) is 19.4 Å². The van der Waals surface area contributed by atoms with E-state index in [-0.39, 0.29) is 4.90 Å². The Morgan fingerprint density at radius 1 is 1.12 bits per heavy atom. The lowest BCUT2D eigenvalue weighted by Crippen LogP contribution is -2.18. The maximum absolute atomic E-state index is 12.2. The molecule has 0 aliphatic rings. The van der Waals surface area contributed by atoms with E-state index in [0.717, 1.165) is 11.1 Å². The molecule has 0 amide bonds. The maximum atomic E-state index is 12.2. The van der Waals surface area contributed by atoms with E-state index in [0.29, 0.717) is 12.4 Å². The molecule has 0 radical (unpaired) electrons. The van der Waals surface area contributed by atoms with E-state index in [1.54, 1.807) is 12.1 Å². The first-order valence-corrected chi connectivity index (χ1v) is 9.00. The normalized spacial score (nSPS) is 12.3. The van der Waals surface area contributed by atoms with Crippen molar-refractivity contribution < 1.29 is 13.2 Å². The minimum atomic E-state index is -3.69. The van der Waals surface area contributed by atoms with Crippen molar-refractivity contribution in [2.24, 2.45) is 5.10 Å². The van der Waals surface area contributed by atoms with Gasteiger partial charge in [-0.2, -0.15) is 13.5 Å². The Hall–Kier alpha value is -2.60. The van der Waals surface area contributed by atoms with Gasteiger partial charge < -0.3 is 4.74 Å². The van der Waals surface area contributed by atoms with Gasteiger partial charge in [0.1, 0.15) is 5.75 Å². The van der Waals surface area contributed by atoms with Crippen LogP contribution >= 0.6 is 0 Å². The van der Waals surface area contributed by atoms with Crippen LogP contribution in [0.15, 0.2) is 70.2 Å². The summed E-state index contributed by atoms with van der Waals surface area (Å²) in [4.78, 5) is 2.34. The second-order valence-electron chi connectivity index (χ2n) is 5.06. The standard InChI is InChI=1S/C18H20N2O3S/c1-3-23-17-9-11-18(12-10-17)24(21,22)20-19-14-15(2)13-16-7-5-4-6-8-16/h4-14,20H,3H2,1-2H3/b15-13+,19-14+. The molecule has 2 aromatic rings. The van der Waals surface area contributed by atoms with E-state index in [2.05, 4.69) is 9.93 Å². The largest absolute Gasteiger partial charge is 0.494 e. The summed E-state index contributed by atoms with van der Waals surface area (Å²) in [7, 11) is -3.69. The van der Waals surface area contributed by atoms with Gasteiger partial charge in [-0.15, -0.1) is 0 Å². The zero-order valence-electron chi connectivity index (χ0n) is 13.6. The summed E-state index contributed by atoms with van der Waals surface area (Å²) in [5.74, 6) is 0.626. The Bertz CT molecular complexity index is 811. The van der Waals surface area contributed by atoms with Crippen LogP contribution in [0.5, 0.6) is 5.75 Å².